The molecule has 2 heteroatoms. The predicted molar refractivity (Wildman–Crippen MR) is 71.2 cm³/mol. The number of fused-ring (bicyclic) bond motifs is 1. The first-order valence-electron chi connectivity index (χ1n) is 5.98. The Morgan fingerprint density at radius 3 is 3.00 bits per heavy atom. The first-order valence-corrected chi connectivity index (χ1v) is 5.98. The number of hydrogen-bond donors (Lipinski definition) is 1. The quantitative estimate of drug-likeness (QED) is 0.780. The predicted octanol–water partition coefficient (Wildman–Crippen LogP) is 3.27. The molecule has 0 fully saturated rings. The molecule has 2 nitrogen and oxygen atoms in total. The van der Waals surface area contributed by atoms with E-state index >= 15 is 0 Å². The van der Waals surface area contributed by atoms with Crippen LogP contribution < -0.4 is 10.2 Å². The van der Waals surface area contributed by atoms with Gasteiger partial charge in [-0.2, -0.15) is 0 Å². The van der Waals surface area contributed by atoms with Gasteiger partial charge in [0.25, 0.3) is 0 Å². The third-order valence-electron chi connectivity index (χ3n) is 3.23. The van der Waals surface area contributed by atoms with E-state index in [1.807, 2.05) is 0 Å². The van der Waals surface area contributed by atoms with E-state index in [1.165, 1.54) is 16.9 Å². The van der Waals surface area contributed by atoms with E-state index in [0.29, 0.717) is 6.04 Å². The molecule has 1 aromatic rings. The van der Waals surface area contributed by atoms with E-state index in [0.717, 1.165) is 19.5 Å². The molecule has 1 aliphatic heterocycles. The zero-order chi connectivity index (χ0) is 11.5. The van der Waals surface area contributed by atoms with Crippen molar-refractivity contribution in [3.8, 4) is 0 Å². The summed E-state index contributed by atoms with van der Waals surface area (Å²) in [7, 11) is 0. The Bertz CT molecular complexity index is 384. The van der Waals surface area contributed by atoms with Crippen LogP contribution in [0.15, 0.2) is 36.4 Å². The molecule has 0 saturated carbocycles. The molecule has 0 aromatic heterocycles. The highest BCUT2D eigenvalue weighted by molar-refractivity contribution is 5.72. The third-order valence-corrected chi connectivity index (χ3v) is 3.23. The van der Waals surface area contributed by atoms with Crippen LogP contribution >= 0.6 is 0 Å². The summed E-state index contributed by atoms with van der Waals surface area (Å²) in [4.78, 5) is 2.44. The smallest absolute Gasteiger partial charge is 0.0607 e. The zero-order valence-electron chi connectivity index (χ0n) is 10.2. The molecule has 2 rings (SSSR count). The van der Waals surface area contributed by atoms with Gasteiger partial charge in [0.1, 0.15) is 0 Å². The van der Waals surface area contributed by atoms with Crippen molar-refractivity contribution in [1.29, 1.82) is 0 Å². The lowest BCUT2D eigenvalue weighted by molar-refractivity contribution is 0.661. The van der Waals surface area contributed by atoms with Crippen LogP contribution in [-0.4, -0.2) is 19.1 Å². The molecule has 16 heavy (non-hydrogen) atoms. The lowest BCUT2D eigenvalue weighted by Crippen LogP contribution is -2.43. The van der Waals surface area contributed by atoms with Gasteiger partial charge in [0.2, 0.25) is 0 Å². The number of nitrogens with one attached hydrogen (secondary N) is 1. The molecular formula is C14H20N2. The Labute approximate surface area is 98.0 Å². The Balaban J connectivity index is 2.26. The second kappa shape index (κ2) is 4.60. The Morgan fingerprint density at radius 2 is 2.25 bits per heavy atom. The summed E-state index contributed by atoms with van der Waals surface area (Å²) in [6.07, 6.45) is 1.05. The third kappa shape index (κ3) is 2.06. The van der Waals surface area contributed by atoms with Gasteiger partial charge in [-0.05, 0) is 25.5 Å². The summed E-state index contributed by atoms with van der Waals surface area (Å²) in [5.74, 6) is 0. The summed E-state index contributed by atoms with van der Waals surface area (Å²) in [5.41, 5.74) is 3.84. The molecule has 0 amide bonds. The van der Waals surface area contributed by atoms with E-state index in [-0.39, 0.29) is 0 Å². The van der Waals surface area contributed by atoms with E-state index < -0.39 is 0 Å². The molecule has 1 heterocycles. The first-order chi connectivity index (χ1) is 7.72. The fourth-order valence-corrected chi connectivity index (χ4v) is 2.07. The second-order valence-corrected chi connectivity index (χ2v) is 4.48. The van der Waals surface area contributed by atoms with E-state index in [1.54, 1.807) is 0 Å². The van der Waals surface area contributed by atoms with Crippen LogP contribution in [0.1, 0.15) is 20.3 Å². The van der Waals surface area contributed by atoms with Crippen LogP contribution in [0, 0.1) is 0 Å². The maximum absolute atomic E-state index is 4.11. The van der Waals surface area contributed by atoms with Gasteiger partial charge in [-0.3, -0.25) is 0 Å². The van der Waals surface area contributed by atoms with Crippen molar-refractivity contribution in [2.75, 3.05) is 23.3 Å². The minimum absolute atomic E-state index is 0.526. The SMILES string of the molecule is C=C(CC)CN1c2ccccc2NCC1C. The standard InChI is InChI=1S/C14H20N2/c1-4-11(2)10-16-12(3)9-15-13-7-5-6-8-14(13)16/h5-8,12,15H,2,4,9-10H2,1,3H3. The molecule has 0 radical (unpaired) electrons. The minimum Gasteiger partial charge on any atom is -0.381 e. The Kier molecular flexibility index (Phi) is 3.18. The fraction of sp³-hybridized carbons (Fsp3) is 0.429. The van der Waals surface area contributed by atoms with Gasteiger partial charge in [-0.25, -0.2) is 0 Å². The van der Waals surface area contributed by atoms with Gasteiger partial charge in [0.05, 0.1) is 11.4 Å². The molecule has 1 atom stereocenters. The highest BCUT2D eigenvalue weighted by Gasteiger charge is 2.22. The summed E-state index contributed by atoms with van der Waals surface area (Å²) in [6, 6.07) is 9.02. The fourth-order valence-electron chi connectivity index (χ4n) is 2.07. The summed E-state index contributed by atoms with van der Waals surface area (Å²) < 4.78 is 0. The average Bonchev–Trinajstić information content (AvgIpc) is 2.32. The molecule has 0 spiro atoms. The average molecular weight is 216 g/mol. The molecule has 86 valence electrons. The Hall–Kier alpha value is -1.44. The number of para-hydroxylation sites is 2. The van der Waals surface area contributed by atoms with Crippen LogP contribution in [0.3, 0.4) is 0 Å². The summed E-state index contributed by atoms with van der Waals surface area (Å²) in [6.45, 7) is 10.5. The van der Waals surface area contributed by atoms with Crippen LogP contribution in [0.25, 0.3) is 0 Å². The van der Waals surface area contributed by atoms with Gasteiger partial charge in [0, 0.05) is 19.1 Å². The summed E-state index contributed by atoms with van der Waals surface area (Å²) >= 11 is 0. The maximum atomic E-state index is 4.11. The van der Waals surface area contributed by atoms with Crippen molar-refractivity contribution in [3.05, 3.63) is 36.4 Å². The second-order valence-electron chi connectivity index (χ2n) is 4.48. The van der Waals surface area contributed by atoms with Gasteiger partial charge in [0.15, 0.2) is 0 Å². The van der Waals surface area contributed by atoms with Crippen molar-refractivity contribution >= 4 is 11.4 Å². The van der Waals surface area contributed by atoms with Gasteiger partial charge in [-0.15, -0.1) is 0 Å². The highest BCUT2D eigenvalue weighted by atomic mass is 15.2. The summed E-state index contributed by atoms with van der Waals surface area (Å²) in [5, 5.41) is 3.46. The van der Waals surface area contributed by atoms with Crippen LogP contribution in [-0.2, 0) is 0 Å². The lowest BCUT2D eigenvalue weighted by atomic mass is 10.1. The van der Waals surface area contributed by atoms with Gasteiger partial charge < -0.3 is 10.2 Å². The molecule has 1 aromatic carbocycles. The Morgan fingerprint density at radius 1 is 1.50 bits per heavy atom. The maximum Gasteiger partial charge on any atom is 0.0607 e. The molecule has 0 saturated heterocycles. The van der Waals surface area contributed by atoms with Crippen LogP contribution in [0.2, 0.25) is 0 Å². The van der Waals surface area contributed by atoms with Crippen LogP contribution in [0.4, 0.5) is 11.4 Å². The molecule has 1 N–H and O–H groups in total. The van der Waals surface area contributed by atoms with Crippen molar-refractivity contribution in [3.63, 3.8) is 0 Å². The largest absolute Gasteiger partial charge is 0.381 e. The van der Waals surface area contributed by atoms with Crippen molar-refractivity contribution in [2.45, 2.75) is 26.3 Å². The first kappa shape index (κ1) is 11.1. The van der Waals surface area contributed by atoms with Gasteiger partial charge in [-0.1, -0.05) is 31.2 Å². The van der Waals surface area contributed by atoms with Crippen molar-refractivity contribution < 1.29 is 0 Å². The van der Waals surface area contributed by atoms with Crippen molar-refractivity contribution in [2.24, 2.45) is 0 Å². The van der Waals surface area contributed by atoms with Crippen molar-refractivity contribution in [1.82, 2.24) is 0 Å². The molecular weight excluding hydrogens is 196 g/mol. The number of anilines is 2. The highest BCUT2D eigenvalue weighted by Crippen LogP contribution is 2.31. The number of hydrogen-bond acceptors (Lipinski definition) is 2. The normalized spacial score (nSPS) is 18.9. The molecule has 1 unspecified atom stereocenters. The lowest BCUT2D eigenvalue weighted by Gasteiger charge is -2.38. The van der Waals surface area contributed by atoms with E-state index in [4.69, 9.17) is 0 Å². The molecule has 0 aliphatic carbocycles. The topological polar surface area (TPSA) is 15.3 Å². The molecule has 1 aliphatic rings. The monoisotopic (exact) mass is 216 g/mol. The van der Waals surface area contributed by atoms with E-state index in [2.05, 4.69) is 54.9 Å². The van der Waals surface area contributed by atoms with Gasteiger partial charge >= 0.3 is 0 Å². The number of rotatable bonds is 3. The zero-order valence-corrected chi connectivity index (χ0v) is 10.2. The number of benzene rings is 1. The van der Waals surface area contributed by atoms with E-state index in [9.17, 15) is 0 Å². The number of nitrogens with zero attached hydrogens (tertiary/aromatic N) is 1. The van der Waals surface area contributed by atoms with Crippen LogP contribution in [0.5, 0.6) is 0 Å². The minimum atomic E-state index is 0.526. The molecule has 0 bridgehead atoms.